The zero-order chi connectivity index (χ0) is 31.9. The Morgan fingerprint density at radius 2 is 1.67 bits per heavy atom. The first-order valence-corrected chi connectivity index (χ1v) is 15.9. The molecule has 0 aliphatic carbocycles. The first kappa shape index (κ1) is 21.4. The Hall–Kier alpha value is -3.37. The quantitative estimate of drug-likeness (QED) is 0.137. The Morgan fingerprint density at radius 1 is 0.872 bits per heavy atom. The average Bonchev–Trinajstić information content (AvgIpc) is 3.35. The topological polar surface area (TPSA) is 38.9 Å². The van der Waals surface area contributed by atoms with Gasteiger partial charge in [0.1, 0.15) is 5.58 Å². The van der Waals surface area contributed by atoms with Crippen LogP contribution >= 0.6 is 0 Å². The number of furan rings is 1. The molecule has 3 aromatic heterocycles. The molecule has 1 radical (unpaired) electrons. The number of aryl methyl sites for hydroxylation is 3. The molecule has 0 atom stereocenters. The summed E-state index contributed by atoms with van der Waals surface area (Å²) in [7, 11) is -1.75. The molecule has 0 unspecified atom stereocenters. The van der Waals surface area contributed by atoms with E-state index in [2.05, 4.69) is 54.7 Å². The van der Waals surface area contributed by atoms with E-state index in [1.54, 1.807) is 0 Å². The summed E-state index contributed by atoms with van der Waals surface area (Å²) in [6.45, 7) is 3.63. The molecule has 39 heavy (non-hydrogen) atoms. The van der Waals surface area contributed by atoms with E-state index >= 15 is 0 Å². The predicted octanol–water partition coefficient (Wildman–Crippen LogP) is 8.46. The second-order valence-corrected chi connectivity index (χ2v) is 15.3. The van der Waals surface area contributed by atoms with Crippen molar-refractivity contribution in [2.24, 2.45) is 0 Å². The van der Waals surface area contributed by atoms with Crippen molar-refractivity contribution in [3.63, 3.8) is 0 Å². The molecule has 0 fully saturated rings. The summed E-state index contributed by atoms with van der Waals surface area (Å²) in [5, 5.41) is 3.16. The first-order chi connectivity index (χ1) is 20.6. The van der Waals surface area contributed by atoms with Gasteiger partial charge in [0.2, 0.25) is 0 Å². The second kappa shape index (κ2) is 11.8. The van der Waals surface area contributed by atoms with Gasteiger partial charge in [0.05, 0.1) is 5.58 Å². The van der Waals surface area contributed by atoms with Gasteiger partial charge >= 0.3 is 0 Å². The number of aromatic nitrogens is 2. The number of fused-ring (bicyclic) bond motifs is 3. The maximum absolute atomic E-state index is 7.85. The number of para-hydroxylation sites is 1. The number of nitrogens with zero attached hydrogens (tertiary/aromatic N) is 2. The Kier molecular flexibility index (Phi) is 6.48. The van der Waals surface area contributed by atoms with Crippen molar-refractivity contribution in [2.45, 2.75) is 40.3 Å². The van der Waals surface area contributed by atoms with Crippen LogP contribution in [0.4, 0.5) is 0 Å². The molecule has 3 nitrogen and oxygen atoms in total. The fraction of sp³-hybridized carbons (Fsp3) is 0.176. The molecule has 0 aliphatic heterocycles. The molecular weight excluding hydrogens is 673 g/mol. The van der Waals surface area contributed by atoms with Crippen LogP contribution in [0.5, 0.6) is 0 Å². The van der Waals surface area contributed by atoms with Crippen LogP contribution in [0.15, 0.2) is 89.6 Å². The second-order valence-electron chi connectivity index (χ2n) is 10.2. The summed E-state index contributed by atoms with van der Waals surface area (Å²) in [5.41, 5.74) is 4.93. The molecule has 0 saturated heterocycles. The minimum atomic E-state index is -2.59. The van der Waals surface area contributed by atoms with Crippen LogP contribution in [0.1, 0.15) is 24.9 Å². The third kappa shape index (κ3) is 6.12. The van der Waals surface area contributed by atoms with Gasteiger partial charge in [-0.15, -0.1) is 53.2 Å². The summed E-state index contributed by atoms with van der Waals surface area (Å²) in [6, 6.07) is 29.4. The van der Waals surface area contributed by atoms with Crippen LogP contribution in [-0.4, -0.2) is 18.0 Å². The molecular formula is C34H32IrN2OSi-2. The molecule has 0 amide bonds. The molecule has 6 aromatic rings. The van der Waals surface area contributed by atoms with Crippen LogP contribution in [-0.2, 0) is 20.1 Å². The standard InChI is InChI=1S/C22H22NOSi.C12H10N.Ir/c1-14-12-18(23-13-15(14)2)16-10-11-20(25(3,4)5)21-17-8-6-7-9-19(17)24-22(16)21;1-10-7-8-13-12(9-10)11-5-3-2-4-6-11;/h6-9,11-13H,1-5H3;2-5,7-9H,1H3;/q2*-1;/i1D3,2D3;;. The van der Waals surface area contributed by atoms with Crippen LogP contribution in [0.25, 0.3) is 44.5 Å². The Bertz CT molecular complexity index is 1950. The zero-order valence-corrected chi connectivity index (χ0v) is 25.6. The normalized spacial score (nSPS) is 14.1. The molecule has 0 N–H and O–H groups in total. The fourth-order valence-electron chi connectivity index (χ4n) is 4.38. The van der Waals surface area contributed by atoms with Crippen molar-refractivity contribution < 1.29 is 32.7 Å². The minimum Gasteiger partial charge on any atom is -0.501 e. The molecule has 5 heteroatoms. The SMILES string of the molecule is Cc1ccnc(-c2[c-]cccc2)c1.[2H]C([2H])([2H])c1cnc(-c2[c-]cc([Si](C)(C)C)c3c2oc2ccccc23)cc1C([2H])([2H])[2H].[Ir]. The minimum absolute atomic E-state index is 0. The van der Waals surface area contributed by atoms with Crippen LogP contribution in [0, 0.1) is 32.8 Å². The largest absolute Gasteiger partial charge is 0.501 e. The van der Waals surface area contributed by atoms with E-state index in [0.29, 0.717) is 16.8 Å². The molecule has 3 heterocycles. The maximum Gasteiger partial charge on any atom is 0.120 e. The number of pyridine rings is 2. The van der Waals surface area contributed by atoms with Crippen LogP contribution in [0.2, 0.25) is 19.6 Å². The Labute approximate surface area is 254 Å². The Morgan fingerprint density at radius 3 is 2.38 bits per heavy atom. The molecule has 0 aliphatic rings. The van der Waals surface area contributed by atoms with Gasteiger partial charge in [-0.3, -0.25) is 0 Å². The number of rotatable bonds is 3. The van der Waals surface area contributed by atoms with E-state index in [-0.39, 0.29) is 31.2 Å². The Balaban J connectivity index is 0.000000275. The van der Waals surface area contributed by atoms with Crippen molar-refractivity contribution in [3.8, 4) is 22.5 Å². The summed E-state index contributed by atoms with van der Waals surface area (Å²) >= 11 is 0. The average molecular weight is 711 g/mol. The number of benzene rings is 3. The van der Waals surface area contributed by atoms with E-state index in [1.807, 2.05) is 66.9 Å². The van der Waals surface area contributed by atoms with Gasteiger partial charge in [-0.2, -0.15) is 0 Å². The van der Waals surface area contributed by atoms with Gasteiger partial charge in [0, 0.05) is 54.2 Å². The van der Waals surface area contributed by atoms with Crippen molar-refractivity contribution >= 4 is 35.2 Å². The summed E-state index contributed by atoms with van der Waals surface area (Å²) in [4.78, 5) is 8.59. The van der Waals surface area contributed by atoms with Crippen molar-refractivity contribution in [1.29, 1.82) is 0 Å². The number of hydrogen-bond donors (Lipinski definition) is 0. The van der Waals surface area contributed by atoms with Gasteiger partial charge in [-0.1, -0.05) is 72.0 Å². The van der Waals surface area contributed by atoms with Crippen molar-refractivity contribution in [3.05, 3.63) is 114 Å². The zero-order valence-electron chi connectivity index (χ0n) is 28.2. The van der Waals surface area contributed by atoms with Crippen LogP contribution < -0.4 is 5.19 Å². The first-order valence-electron chi connectivity index (χ1n) is 15.4. The molecule has 0 bridgehead atoms. The van der Waals surface area contributed by atoms with Crippen molar-refractivity contribution in [2.75, 3.05) is 0 Å². The number of hydrogen-bond acceptors (Lipinski definition) is 3. The van der Waals surface area contributed by atoms with Gasteiger partial charge in [0.25, 0.3) is 0 Å². The molecule has 3 aromatic carbocycles. The van der Waals surface area contributed by atoms with Crippen LogP contribution in [0.3, 0.4) is 0 Å². The molecule has 0 spiro atoms. The molecule has 0 saturated carbocycles. The maximum atomic E-state index is 7.85. The van der Waals surface area contributed by atoms with Gasteiger partial charge in [0.15, 0.2) is 0 Å². The van der Waals surface area contributed by atoms with Gasteiger partial charge in [-0.25, -0.2) is 0 Å². The molecule has 6 rings (SSSR count). The predicted molar refractivity (Wildman–Crippen MR) is 161 cm³/mol. The smallest absolute Gasteiger partial charge is 0.120 e. The van der Waals surface area contributed by atoms with E-state index < -0.39 is 21.8 Å². The summed E-state index contributed by atoms with van der Waals surface area (Å²) < 4.78 is 52.8. The van der Waals surface area contributed by atoms with Crippen molar-refractivity contribution in [1.82, 2.24) is 9.97 Å². The van der Waals surface area contributed by atoms with E-state index in [9.17, 15) is 0 Å². The van der Waals surface area contributed by atoms with Gasteiger partial charge in [-0.05, 0) is 49.7 Å². The van der Waals surface area contributed by atoms with E-state index in [0.717, 1.165) is 33.8 Å². The summed E-state index contributed by atoms with van der Waals surface area (Å²) in [6.07, 6.45) is 2.96. The molecule has 199 valence electrons. The fourth-order valence-corrected chi connectivity index (χ4v) is 5.88. The third-order valence-corrected chi connectivity index (χ3v) is 8.33. The summed E-state index contributed by atoms with van der Waals surface area (Å²) in [5.74, 6) is 0. The van der Waals surface area contributed by atoms with Gasteiger partial charge < -0.3 is 14.4 Å². The third-order valence-electron chi connectivity index (χ3n) is 6.32. The van der Waals surface area contributed by atoms with E-state index in [4.69, 9.17) is 12.6 Å². The monoisotopic (exact) mass is 711 g/mol. The van der Waals surface area contributed by atoms with E-state index in [1.165, 1.54) is 16.8 Å².